The van der Waals surface area contributed by atoms with E-state index in [1.54, 1.807) is 0 Å². The highest BCUT2D eigenvalue weighted by Gasteiger charge is 2.54. The van der Waals surface area contributed by atoms with Crippen LogP contribution >= 0.6 is 0 Å². The van der Waals surface area contributed by atoms with Crippen LogP contribution in [0.2, 0.25) is 0 Å². The molecule has 9 heteroatoms. The fourth-order valence-corrected chi connectivity index (χ4v) is 5.72. The third kappa shape index (κ3) is 5.90. The fourth-order valence-electron chi connectivity index (χ4n) is 4.17. The standard InChI is InChI=1S/C25H28O8S/c1-16(26)29-14-20-22(31-17(2)27)23(30-13-18-9-5-3-6-10-18)24-25(33-20)34(28)15-21(32-24)19-11-7-4-8-12-19/h3-12,20-25H,13-15H2,1-2H3/t20-,21-,22-,23+,24-,25+,34?/m1/s1. The van der Waals surface area contributed by atoms with Gasteiger partial charge in [-0.3, -0.25) is 13.8 Å². The number of hydrogen-bond donors (Lipinski definition) is 0. The summed E-state index contributed by atoms with van der Waals surface area (Å²) in [6.45, 7) is 2.62. The Kier molecular flexibility index (Phi) is 8.10. The van der Waals surface area contributed by atoms with Gasteiger partial charge in [0.15, 0.2) is 11.5 Å². The van der Waals surface area contributed by atoms with E-state index in [0.717, 1.165) is 11.1 Å². The van der Waals surface area contributed by atoms with Gasteiger partial charge in [-0.1, -0.05) is 60.7 Å². The molecule has 2 aromatic carbocycles. The molecule has 0 amide bonds. The summed E-state index contributed by atoms with van der Waals surface area (Å²) in [6.07, 6.45) is -3.76. The second-order valence-electron chi connectivity index (χ2n) is 8.23. The molecule has 1 unspecified atom stereocenters. The van der Waals surface area contributed by atoms with Crippen molar-refractivity contribution in [3.63, 3.8) is 0 Å². The number of ether oxygens (including phenoxy) is 5. The SMILES string of the molecule is CC(=O)OC[C@H]1O[C@@H]2[C@H](O[C@@H](c3ccccc3)CS2=O)[C@@H](OCc2ccccc2)[C@@H]1OC(C)=O. The normalized spacial score (nSPS) is 30.7. The summed E-state index contributed by atoms with van der Waals surface area (Å²) >= 11 is 0. The van der Waals surface area contributed by atoms with Crippen LogP contribution < -0.4 is 0 Å². The fraction of sp³-hybridized carbons (Fsp3) is 0.440. The Hall–Kier alpha value is -2.59. The minimum Gasteiger partial charge on any atom is -0.463 e. The molecule has 0 saturated carbocycles. The van der Waals surface area contributed by atoms with Crippen molar-refractivity contribution >= 4 is 22.7 Å². The predicted octanol–water partition coefficient (Wildman–Crippen LogP) is 2.68. The van der Waals surface area contributed by atoms with Crippen molar-refractivity contribution in [2.75, 3.05) is 12.4 Å². The first-order valence-corrected chi connectivity index (χ1v) is 12.5. The second kappa shape index (κ2) is 11.2. The number of benzene rings is 2. The van der Waals surface area contributed by atoms with E-state index in [-0.39, 0.29) is 19.0 Å². The van der Waals surface area contributed by atoms with Gasteiger partial charge >= 0.3 is 11.9 Å². The molecule has 4 rings (SSSR count). The topological polar surface area (TPSA) is 97.4 Å². The zero-order valence-electron chi connectivity index (χ0n) is 19.0. The zero-order valence-corrected chi connectivity index (χ0v) is 19.8. The van der Waals surface area contributed by atoms with Gasteiger partial charge in [-0.25, -0.2) is 0 Å². The van der Waals surface area contributed by atoms with Crippen LogP contribution in [-0.4, -0.2) is 58.4 Å². The number of fused-ring (bicyclic) bond motifs is 1. The molecular weight excluding hydrogens is 460 g/mol. The van der Waals surface area contributed by atoms with Crippen molar-refractivity contribution in [3.8, 4) is 0 Å². The monoisotopic (exact) mass is 488 g/mol. The van der Waals surface area contributed by atoms with Crippen LogP contribution in [0.25, 0.3) is 0 Å². The quantitative estimate of drug-likeness (QED) is 0.549. The van der Waals surface area contributed by atoms with Crippen molar-refractivity contribution in [2.45, 2.75) is 56.4 Å². The zero-order chi connectivity index (χ0) is 24.1. The summed E-state index contributed by atoms with van der Waals surface area (Å²) in [5, 5.41) is 0. The van der Waals surface area contributed by atoms with Crippen molar-refractivity contribution in [1.82, 2.24) is 0 Å². The van der Waals surface area contributed by atoms with Gasteiger partial charge in [0.25, 0.3) is 0 Å². The van der Waals surface area contributed by atoms with Crippen molar-refractivity contribution < 1.29 is 37.5 Å². The largest absolute Gasteiger partial charge is 0.463 e. The lowest BCUT2D eigenvalue weighted by Gasteiger charge is -2.48. The minimum atomic E-state index is -1.43. The van der Waals surface area contributed by atoms with Gasteiger partial charge in [-0.05, 0) is 11.1 Å². The number of hydrogen-bond acceptors (Lipinski definition) is 8. The molecule has 0 aromatic heterocycles. The lowest BCUT2D eigenvalue weighted by Crippen LogP contribution is -2.64. The molecule has 2 aliphatic rings. The second-order valence-corrected chi connectivity index (χ2v) is 9.79. The van der Waals surface area contributed by atoms with Gasteiger partial charge in [0.2, 0.25) is 0 Å². The van der Waals surface area contributed by atoms with Crippen molar-refractivity contribution in [3.05, 3.63) is 71.8 Å². The summed E-state index contributed by atoms with van der Waals surface area (Å²) in [6, 6.07) is 19.1. The maximum absolute atomic E-state index is 13.3. The smallest absolute Gasteiger partial charge is 0.303 e. The highest BCUT2D eigenvalue weighted by molar-refractivity contribution is 7.85. The molecule has 0 aliphatic carbocycles. The Labute approximate surface area is 200 Å². The molecule has 0 radical (unpaired) electrons. The maximum Gasteiger partial charge on any atom is 0.303 e. The highest BCUT2D eigenvalue weighted by Crippen LogP contribution is 2.38. The minimum absolute atomic E-state index is 0.166. The van der Waals surface area contributed by atoms with Crippen LogP contribution in [-0.2, 0) is 50.7 Å². The Morgan fingerprint density at radius 3 is 2.26 bits per heavy atom. The molecule has 182 valence electrons. The van der Waals surface area contributed by atoms with Gasteiger partial charge in [0.1, 0.15) is 24.9 Å². The van der Waals surface area contributed by atoms with Crippen LogP contribution in [0.3, 0.4) is 0 Å². The molecule has 2 aliphatic heterocycles. The number of rotatable bonds is 7. The average Bonchev–Trinajstić information content (AvgIpc) is 2.83. The van der Waals surface area contributed by atoms with E-state index in [1.165, 1.54) is 13.8 Å². The molecule has 0 bridgehead atoms. The van der Waals surface area contributed by atoms with E-state index in [9.17, 15) is 13.8 Å². The Balaban J connectivity index is 1.64. The molecule has 2 heterocycles. The third-order valence-corrected chi connectivity index (χ3v) is 7.23. The molecule has 2 saturated heterocycles. The summed E-state index contributed by atoms with van der Waals surface area (Å²) in [7, 11) is -1.43. The van der Waals surface area contributed by atoms with Crippen molar-refractivity contribution in [1.29, 1.82) is 0 Å². The summed E-state index contributed by atoms with van der Waals surface area (Å²) in [5.41, 5.74) is 0.982. The first-order valence-electron chi connectivity index (χ1n) is 11.1. The van der Waals surface area contributed by atoms with Crippen molar-refractivity contribution in [2.24, 2.45) is 0 Å². The Morgan fingerprint density at radius 2 is 1.62 bits per heavy atom. The Bertz CT molecular complexity index is 998. The molecule has 8 nitrogen and oxygen atoms in total. The highest BCUT2D eigenvalue weighted by atomic mass is 32.2. The van der Waals surface area contributed by atoms with E-state index in [2.05, 4.69) is 0 Å². The predicted molar refractivity (Wildman–Crippen MR) is 123 cm³/mol. The molecule has 7 atom stereocenters. The van der Waals surface area contributed by atoms with Gasteiger partial charge in [0, 0.05) is 13.8 Å². The van der Waals surface area contributed by atoms with Gasteiger partial charge in [-0.2, -0.15) is 0 Å². The lowest BCUT2D eigenvalue weighted by molar-refractivity contribution is -0.255. The molecule has 0 spiro atoms. The molecule has 0 N–H and O–H groups in total. The van der Waals surface area contributed by atoms with Crippen LogP contribution in [0.5, 0.6) is 0 Å². The van der Waals surface area contributed by atoms with E-state index in [4.69, 9.17) is 23.7 Å². The summed E-state index contributed by atoms with van der Waals surface area (Å²) < 4.78 is 42.8. The molecular formula is C25H28O8S. The number of esters is 2. The number of carbonyl (C=O) groups is 2. The molecule has 34 heavy (non-hydrogen) atoms. The average molecular weight is 489 g/mol. The van der Waals surface area contributed by atoms with Gasteiger partial charge in [0.05, 0.1) is 29.3 Å². The van der Waals surface area contributed by atoms with Gasteiger partial charge in [-0.15, -0.1) is 0 Å². The third-order valence-electron chi connectivity index (χ3n) is 5.70. The van der Waals surface area contributed by atoms with Crippen LogP contribution in [0.1, 0.15) is 31.1 Å². The summed E-state index contributed by atoms with van der Waals surface area (Å²) in [4.78, 5) is 23.4. The lowest BCUT2D eigenvalue weighted by atomic mass is 9.98. The van der Waals surface area contributed by atoms with E-state index in [0.29, 0.717) is 0 Å². The van der Waals surface area contributed by atoms with Crippen LogP contribution in [0.4, 0.5) is 0 Å². The van der Waals surface area contributed by atoms with E-state index >= 15 is 0 Å². The first kappa shape index (κ1) is 24.5. The van der Waals surface area contributed by atoms with Crippen LogP contribution in [0.15, 0.2) is 60.7 Å². The first-order chi connectivity index (χ1) is 16.4. The molecule has 2 fully saturated rings. The summed E-state index contributed by atoms with van der Waals surface area (Å²) in [5.74, 6) is -0.793. The van der Waals surface area contributed by atoms with E-state index in [1.807, 2.05) is 60.7 Å². The maximum atomic E-state index is 13.3. The Morgan fingerprint density at radius 1 is 0.941 bits per heavy atom. The van der Waals surface area contributed by atoms with E-state index < -0.39 is 58.7 Å². The molecule has 2 aromatic rings. The van der Waals surface area contributed by atoms with Crippen LogP contribution in [0, 0.1) is 0 Å². The number of carbonyl (C=O) groups excluding carboxylic acids is 2. The van der Waals surface area contributed by atoms with Gasteiger partial charge < -0.3 is 23.7 Å².